The summed E-state index contributed by atoms with van der Waals surface area (Å²) < 4.78 is 18.6. The highest BCUT2D eigenvalue weighted by atomic mass is 16.5. The van der Waals surface area contributed by atoms with Crippen molar-refractivity contribution in [1.82, 2.24) is 23.3 Å². The van der Waals surface area contributed by atoms with Gasteiger partial charge in [0.2, 0.25) is 0 Å². The van der Waals surface area contributed by atoms with Gasteiger partial charge < -0.3 is 13.9 Å². The second-order valence-corrected chi connectivity index (χ2v) is 18.9. The van der Waals surface area contributed by atoms with Gasteiger partial charge >= 0.3 is 0 Å². The first-order chi connectivity index (χ1) is 36.7. The highest BCUT2D eigenvalue weighted by Crippen LogP contribution is 2.50. The molecule has 0 unspecified atom stereocenters. The fourth-order valence-electron chi connectivity index (χ4n) is 11.7. The first kappa shape index (κ1) is 41.8. The Bertz CT molecular complexity index is 4620. The summed E-state index contributed by atoms with van der Waals surface area (Å²) >= 11 is 0. The SMILES string of the molecule is Cn1c2ccccc2c2c3c4ccc(Oc5cccc(-[n+]6[c-]n(-c7c(-c8ccccc8)cccc7-c7ccccc7)c7ccccc76)c5)cc4n(-c4ccccn4)c3c3c4ccccc4n(-c4ccccc4)c3c21. The number of hydrogen-bond donors (Lipinski definition) is 0. The maximum atomic E-state index is 7.00. The molecule has 0 N–H and O–H groups in total. The van der Waals surface area contributed by atoms with Crippen LogP contribution in [0.5, 0.6) is 11.5 Å². The zero-order valence-corrected chi connectivity index (χ0v) is 40.3. The number of nitrogens with zero attached hydrogens (tertiary/aromatic N) is 6. The average molecular weight is 949 g/mol. The molecule has 0 bridgehead atoms. The van der Waals surface area contributed by atoms with E-state index in [2.05, 4.69) is 267 Å². The Morgan fingerprint density at radius 3 is 1.76 bits per heavy atom. The Kier molecular flexibility index (Phi) is 9.34. The van der Waals surface area contributed by atoms with Crippen LogP contribution >= 0.6 is 0 Å². The van der Waals surface area contributed by atoms with E-state index in [0.29, 0.717) is 11.5 Å². The van der Waals surface area contributed by atoms with Crippen LogP contribution in [0.3, 0.4) is 0 Å². The van der Waals surface area contributed by atoms with Gasteiger partial charge in [-0.1, -0.05) is 170 Å². The highest BCUT2D eigenvalue weighted by Gasteiger charge is 2.28. The molecule has 5 aromatic heterocycles. The van der Waals surface area contributed by atoms with Crippen LogP contribution in [-0.2, 0) is 7.05 Å². The van der Waals surface area contributed by atoms with Crippen LogP contribution in [0.2, 0.25) is 0 Å². The summed E-state index contributed by atoms with van der Waals surface area (Å²) in [4.78, 5) is 5.08. The van der Waals surface area contributed by atoms with E-state index in [4.69, 9.17) is 9.72 Å². The number of para-hydroxylation sites is 6. The summed E-state index contributed by atoms with van der Waals surface area (Å²) in [6.07, 6.45) is 5.71. The summed E-state index contributed by atoms with van der Waals surface area (Å²) in [5.41, 5.74) is 16.4. The molecule has 0 amide bonds. The zero-order chi connectivity index (χ0) is 48.9. The molecule has 10 aromatic carbocycles. The summed E-state index contributed by atoms with van der Waals surface area (Å²) in [6.45, 7) is 0. The van der Waals surface area contributed by atoms with Crippen LogP contribution in [0.15, 0.2) is 249 Å². The smallest absolute Gasteiger partial charge is 0.269 e. The van der Waals surface area contributed by atoms with Gasteiger partial charge in [0.25, 0.3) is 6.33 Å². The van der Waals surface area contributed by atoms with E-state index in [1.807, 2.05) is 18.3 Å². The maximum absolute atomic E-state index is 7.00. The largest absolute Gasteiger partial charge is 0.458 e. The normalized spacial score (nSPS) is 11.9. The molecule has 7 heteroatoms. The fourth-order valence-corrected chi connectivity index (χ4v) is 11.7. The summed E-state index contributed by atoms with van der Waals surface area (Å²) in [5, 5.41) is 7.06. The van der Waals surface area contributed by atoms with Gasteiger partial charge in [0.15, 0.2) is 0 Å². The van der Waals surface area contributed by atoms with Crippen molar-refractivity contribution in [3.05, 3.63) is 255 Å². The lowest BCUT2D eigenvalue weighted by atomic mass is 9.95. The molecule has 15 rings (SSSR count). The topological polar surface area (TPSA) is 45.7 Å². The molecule has 5 heterocycles. The minimum atomic E-state index is 0.708. The molecule has 348 valence electrons. The third-order valence-electron chi connectivity index (χ3n) is 14.8. The van der Waals surface area contributed by atoms with Crippen LogP contribution in [-0.4, -0.2) is 23.3 Å². The van der Waals surface area contributed by atoms with Crippen molar-refractivity contribution in [2.45, 2.75) is 0 Å². The number of aryl methyl sites for hydroxylation is 1. The van der Waals surface area contributed by atoms with Crippen LogP contribution in [0.25, 0.3) is 122 Å². The Morgan fingerprint density at radius 2 is 1.03 bits per heavy atom. The molecule has 0 atom stereocenters. The van der Waals surface area contributed by atoms with E-state index < -0.39 is 0 Å². The zero-order valence-electron chi connectivity index (χ0n) is 40.3. The van der Waals surface area contributed by atoms with E-state index >= 15 is 0 Å². The van der Waals surface area contributed by atoms with Gasteiger partial charge in [-0.2, -0.15) is 0 Å². The fraction of sp³-hybridized carbons (Fsp3) is 0.0149. The quantitative estimate of drug-likeness (QED) is 0.113. The number of hydrogen-bond acceptors (Lipinski definition) is 2. The van der Waals surface area contributed by atoms with Gasteiger partial charge in [0.1, 0.15) is 17.3 Å². The van der Waals surface area contributed by atoms with E-state index in [1.165, 1.54) is 38.0 Å². The molecule has 0 aliphatic heterocycles. The summed E-state index contributed by atoms with van der Waals surface area (Å²) in [5.74, 6) is 2.25. The standard InChI is InChI=1S/C67H44N6O/c1-69-55-33-13-11-29-52(55)62-61-54-39-38-49(42-59(54)73(60-37-17-18-40-68-60)65(61)63-53-30-12-14-34-56(53)72(67(63)66(62)69)46-25-9-4-10-26-46)74-48-28-19-27-47(41-48)70-43-71(58-36-16-15-35-57(58)70)64-50(44-21-5-2-6-22-44)31-20-32-51(64)45-23-7-3-8-24-45/h2-42H,1H3. The third kappa shape index (κ3) is 6.26. The van der Waals surface area contributed by atoms with Crippen LogP contribution in [0.4, 0.5) is 0 Å². The van der Waals surface area contributed by atoms with E-state index in [1.54, 1.807) is 0 Å². The molecule has 0 aliphatic carbocycles. The lowest BCUT2D eigenvalue weighted by molar-refractivity contribution is -0.572. The minimum Gasteiger partial charge on any atom is -0.458 e. The van der Waals surface area contributed by atoms with Crippen LogP contribution in [0, 0.1) is 6.33 Å². The van der Waals surface area contributed by atoms with E-state index in [0.717, 1.165) is 83.6 Å². The predicted molar refractivity (Wildman–Crippen MR) is 301 cm³/mol. The Labute approximate surface area is 425 Å². The Balaban J connectivity index is 0.940. The Morgan fingerprint density at radius 1 is 0.432 bits per heavy atom. The molecule has 15 aromatic rings. The van der Waals surface area contributed by atoms with Crippen molar-refractivity contribution in [1.29, 1.82) is 0 Å². The Hall–Kier alpha value is -9.98. The van der Waals surface area contributed by atoms with Crippen LogP contribution in [0.1, 0.15) is 0 Å². The van der Waals surface area contributed by atoms with E-state index in [-0.39, 0.29) is 0 Å². The molecule has 0 saturated heterocycles. The van der Waals surface area contributed by atoms with Crippen molar-refractivity contribution >= 4 is 76.5 Å². The molecule has 0 fully saturated rings. The second kappa shape index (κ2) is 16.6. The number of imidazole rings is 1. The van der Waals surface area contributed by atoms with Crippen LogP contribution < -0.4 is 9.30 Å². The number of pyridine rings is 1. The lowest BCUT2D eigenvalue weighted by Gasteiger charge is -2.17. The van der Waals surface area contributed by atoms with Crippen molar-refractivity contribution in [2.24, 2.45) is 7.05 Å². The number of benzene rings is 10. The molecule has 74 heavy (non-hydrogen) atoms. The first-order valence-electron chi connectivity index (χ1n) is 25.0. The molecular weight excluding hydrogens is 905 g/mol. The van der Waals surface area contributed by atoms with Crippen molar-refractivity contribution in [3.63, 3.8) is 0 Å². The molecule has 7 nitrogen and oxygen atoms in total. The first-order valence-corrected chi connectivity index (χ1v) is 25.0. The maximum Gasteiger partial charge on any atom is 0.269 e. The molecule has 0 saturated carbocycles. The highest BCUT2D eigenvalue weighted by molar-refractivity contribution is 6.40. The third-order valence-corrected chi connectivity index (χ3v) is 14.8. The second-order valence-electron chi connectivity index (χ2n) is 18.9. The average Bonchev–Trinajstić information content (AvgIpc) is 4.21. The number of fused-ring (bicyclic) bond motifs is 13. The molecular formula is C67H44N6O. The minimum absolute atomic E-state index is 0.708. The molecule has 0 radical (unpaired) electrons. The predicted octanol–water partition coefficient (Wildman–Crippen LogP) is 16.1. The van der Waals surface area contributed by atoms with Gasteiger partial charge in [0, 0.05) is 62.8 Å². The van der Waals surface area contributed by atoms with Crippen molar-refractivity contribution in [2.75, 3.05) is 0 Å². The van der Waals surface area contributed by atoms with Crippen molar-refractivity contribution < 1.29 is 9.30 Å². The monoisotopic (exact) mass is 948 g/mol. The van der Waals surface area contributed by atoms with Crippen molar-refractivity contribution in [3.8, 4) is 56.6 Å². The van der Waals surface area contributed by atoms with Gasteiger partial charge in [-0.05, 0) is 89.0 Å². The van der Waals surface area contributed by atoms with Gasteiger partial charge in [-0.15, -0.1) is 0 Å². The van der Waals surface area contributed by atoms with Gasteiger partial charge in [0.05, 0.1) is 50.0 Å². The number of rotatable bonds is 8. The number of aromatic nitrogens is 6. The molecule has 0 spiro atoms. The van der Waals surface area contributed by atoms with Gasteiger partial charge in [-0.25, -0.2) is 4.98 Å². The number of ether oxygens (including phenoxy) is 1. The summed E-state index contributed by atoms with van der Waals surface area (Å²) in [6, 6.07) is 85.7. The lowest BCUT2D eigenvalue weighted by Crippen LogP contribution is -2.29. The summed E-state index contributed by atoms with van der Waals surface area (Å²) in [7, 11) is 2.21. The van der Waals surface area contributed by atoms with E-state index in [9.17, 15) is 0 Å². The van der Waals surface area contributed by atoms with Gasteiger partial charge in [-0.3, -0.25) is 13.7 Å². The molecule has 0 aliphatic rings.